The lowest BCUT2D eigenvalue weighted by Gasteiger charge is -2.37. The number of para-hydroxylation sites is 1. The molecule has 9 heteroatoms. The number of nitrogens with zero attached hydrogens (tertiary/aromatic N) is 6. The van der Waals surface area contributed by atoms with Gasteiger partial charge in [0.15, 0.2) is 5.82 Å². The number of piperazine rings is 1. The Morgan fingerprint density at radius 3 is 2.39 bits per heavy atom. The Kier molecular flexibility index (Phi) is 5.58. The Bertz CT molecular complexity index is 1160. The molecular weight excluding hydrogens is 399 g/mol. The fraction of sp³-hybridized carbons (Fsp3) is 0.364. The van der Waals surface area contributed by atoms with Crippen molar-refractivity contribution in [2.24, 2.45) is 0 Å². The molecule has 3 aromatic rings. The summed E-state index contributed by atoms with van der Waals surface area (Å²) in [6.45, 7) is 7.40. The minimum Gasteiger partial charge on any atom is -0.366 e. The molecule has 1 fully saturated rings. The summed E-state index contributed by atoms with van der Waals surface area (Å²) in [5.41, 5.74) is 1.92. The summed E-state index contributed by atoms with van der Waals surface area (Å²) in [7, 11) is 0. The third-order valence-electron chi connectivity index (χ3n) is 5.55. The van der Waals surface area contributed by atoms with Crippen molar-refractivity contribution in [3.63, 3.8) is 0 Å². The molecule has 0 bridgehead atoms. The smallest absolute Gasteiger partial charge is 0.267 e. The lowest BCUT2D eigenvalue weighted by molar-refractivity contribution is -0.135. The van der Waals surface area contributed by atoms with Gasteiger partial charge < -0.3 is 9.80 Å². The van der Waals surface area contributed by atoms with E-state index in [1.807, 2.05) is 24.8 Å². The van der Waals surface area contributed by atoms with E-state index in [0.717, 1.165) is 11.4 Å². The second-order valence-electron chi connectivity index (χ2n) is 7.75. The van der Waals surface area contributed by atoms with Gasteiger partial charge in [0.2, 0.25) is 5.91 Å². The minimum absolute atomic E-state index is 0.187. The predicted octanol–water partition coefficient (Wildman–Crippen LogP) is 2.09. The van der Waals surface area contributed by atoms with Crippen LogP contribution in [0, 0.1) is 19.7 Å². The molecule has 31 heavy (non-hydrogen) atoms. The lowest BCUT2D eigenvalue weighted by atomic mass is 10.2. The van der Waals surface area contributed by atoms with Crippen molar-refractivity contribution in [1.82, 2.24) is 24.5 Å². The molecule has 0 spiro atoms. The van der Waals surface area contributed by atoms with Gasteiger partial charge in [-0.3, -0.25) is 9.59 Å². The van der Waals surface area contributed by atoms with Crippen LogP contribution in [-0.4, -0.2) is 56.5 Å². The van der Waals surface area contributed by atoms with Crippen LogP contribution in [0.15, 0.2) is 47.3 Å². The Morgan fingerprint density at radius 1 is 1.03 bits per heavy atom. The molecule has 2 aromatic heterocycles. The Balaban J connectivity index is 1.50. The number of aromatic nitrogens is 4. The second-order valence-corrected chi connectivity index (χ2v) is 7.75. The molecule has 1 amide bonds. The van der Waals surface area contributed by atoms with Gasteiger partial charge >= 0.3 is 0 Å². The first-order valence-electron chi connectivity index (χ1n) is 10.3. The Labute approximate surface area is 179 Å². The average Bonchev–Trinajstić information content (AvgIpc) is 3.11. The van der Waals surface area contributed by atoms with Crippen LogP contribution in [0.5, 0.6) is 0 Å². The monoisotopic (exact) mass is 424 g/mol. The first-order chi connectivity index (χ1) is 14.8. The molecular formula is C22H25FN6O2. The number of carbonyl (C=O) groups is 1. The maximum absolute atomic E-state index is 14.1. The minimum atomic E-state index is -0.760. The van der Waals surface area contributed by atoms with E-state index in [2.05, 4.69) is 10.2 Å². The third-order valence-corrected chi connectivity index (χ3v) is 5.55. The molecule has 0 saturated carbocycles. The van der Waals surface area contributed by atoms with Crippen LogP contribution < -0.4 is 10.5 Å². The molecule has 0 aliphatic carbocycles. The average molecular weight is 424 g/mol. The second kappa shape index (κ2) is 8.33. The molecule has 3 heterocycles. The van der Waals surface area contributed by atoms with Gasteiger partial charge in [-0.25, -0.2) is 13.8 Å². The summed E-state index contributed by atoms with van der Waals surface area (Å²) in [6.07, 6.45) is 0. The molecule has 0 radical (unpaired) electrons. The van der Waals surface area contributed by atoms with Crippen LogP contribution >= 0.6 is 0 Å². The van der Waals surface area contributed by atoms with Gasteiger partial charge in [0.1, 0.15) is 11.9 Å². The van der Waals surface area contributed by atoms with Crippen LogP contribution in [0.4, 0.5) is 10.1 Å². The Morgan fingerprint density at radius 2 is 1.74 bits per heavy atom. The lowest BCUT2D eigenvalue weighted by Crippen LogP contribution is -2.51. The summed E-state index contributed by atoms with van der Waals surface area (Å²) in [5.74, 6) is 0.0230. The Hall–Kier alpha value is -3.49. The van der Waals surface area contributed by atoms with E-state index < -0.39 is 6.04 Å². The highest BCUT2D eigenvalue weighted by molar-refractivity contribution is 5.80. The van der Waals surface area contributed by atoms with E-state index in [4.69, 9.17) is 0 Å². The zero-order valence-corrected chi connectivity index (χ0v) is 17.8. The number of anilines is 1. The van der Waals surface area contributed by atoms with E-state index in [-0.39, 0.29) is 17.3 Å². The summed E-state index contributed by atoms with van der Waals surface area (Å²) >= 11 is 0. The maximum atomic E-state index is 14.1. The number of carbonyl (C=O) groups excluding carboxylic acids is 1. The molecule has 1 saturated heterocycles. The first-order valence-corrected chi connectivity index (χ1v) is 10.3. The van der Waals surface area contributed by atoms with Crippen LogP contribution in [0.2, 0.25) is 0 Å². The fourth-order valence-electron chi connectivity index (χ4n) is 3.91. The molecule has 4 rings (SSSR count). The SMILES string of the molecule is Cc1cc(C)n(-c2ccc(=O)n(C(C)C(=O)N3CCN(c4ccccc4F)CC3)n2)n1. The van der Waals surface area contributed by atoms with E-state index >= 15 is 0 Å². The number of rotatable bonds is 4. The molecule has 162 valence electrons. The number of amides is 1. The quantitative estimate of drug-likeness (QED) is 0.641. The van der Waals surface area contributed by atoms with Gasteiger partial charge in [0.25, 0.3) is 5.56 Å². The summed E-state index contributed by atoms with van der Waals surface area (Å²) in [6, 6.07) is 10.8. The van der Waals surface area contributed by atoms with Gasteiger partial charge in [-0.15, -0.1) is 5.10 Å². The molecule has 1 unspecified atom stereocenters. The van der Waals surface area contributed by atoms with Gasteiger partial charge in [-0.1, -0.05) is 12.1 Å². The zero-order chi connectivity index (χ0) is 22.1. The van der Waals surface area contributed by atoms with Crippen molar-refractivity contribution in [3.8, 4) is 5.82 Å². The van der Waals surface area contributed by atoms with Gasteiger partial charge in [-0.2, -0.15) is 5.10 Å². The van der Waals surface area contributed by atoms with Crippen molar-refractivity contribution < 1.29 is 9.18 Å². The molecule has 1 aromatic carbocycles. The van der Waals surface area contributed by atoms with Crippen molar-refractivity contribution in [2.45, 2.75) is 26.8 Å². The number of hydrogen-bond donors (Lipinski definition) is 0. The highest BCUT2D eigenvalue weighted by Gasteiger charge is 2.28. The van der Waals surface area contributed by atoms with Gasteiger partial charge in [0, 0.05) is 37.9 Å². The summed E-state index contributed by atoms with van der Waals surface area (Å²) < 4.78 is 16.9. The summed E-state index contributed by atoms with van der Waals surface area (Å²) in [5, 5.41) is 8.80. The highest BCUT2D eigenvalue weighted by Crippen LogP contribution is 2.21. The van der Waals surface area contributed by atoms with Gasteiger partial charge in [-0.05, 0) is 45.0 Å². The molecule has 8 nitrogen and oxygen atoms in total. The third kappa shape index (κ3) is 4.08. The fourth-order valence-corrected chi connectivity index (χ4v) is 3.91. The highest BCUT2D eigenvalue weighted by atomic mass is 19.1. The van der Waals surface area contributed by atoms with Crippen LogP contribution in [-0.2, 0) is 4.79 Å². The molecule has 1 atom stereocenters. The van der Waals surface area contributed by atoms with Crippen molar-refractivity contribution >= 4 is 11.6 Å². The molecule has 0 N–H and O–H groups in total. The normalized spacial score (nSPS) is 15.2. The van der Waals surface area contributed by atoms with E-state index in [1.54, 1.807) is 40.8 Å². The zero-order valence-electron chi connectivity index (χ0n) is 17.8. The predicted molar refractivity (Wildman–Crippen MR) is 115 cm³/mol. The van der Waals surface area contributed by atoms with Crippen LogP contribution in [0.25, 0.3) is 5.82 Å². The van der Waals surface area contributed by atoms with Crippen molar-refractivity contribution in [1.29, 1.82) is 0 Å². The molecule has 1 aliphatic rings. The first kappa shape index (κ1) is 20.8. The number of hydrogen-bond acceptors (Lipinski definition) is 5. The molecule has 1 aliphatic heterocycles. The van der Waals surface area contributed by atoms with Crippen LogP contribution in [0.3, 0.4) is 0 Å². The van der Waals surface area contributed by atoms with E-state index in [0.29, 0.717) is 37.7 Å². The van der Waals surface area contributed by atoms with Crippen molar-refractivity contribution in [3.05, 3.63) is 70.0 Å². The summed E-state index contributed by atoms with van der Waals surface area (Å²) in [4.78, 5) is 29.2. The largest absolute Gasteiger partial charge is 0.366 e. The van der Waals surface area contributed by atoms with E-state index in [1.165, 1.54) is 16.8 Å². The van der Waals surface area contributed by atoms with Crippen LogP contribution in [0.1, 0.15) is 24.4 Å². The van der Waals surface area contributed by atoms with Crippen molar-refractivity contribution in [2.75, 3.05) is 31.1 Å². The number of benzene rings is 1. The van der Waals surface area contributed by atoms with Gasteiger partial charge in [0.05, 0.1) is 11.4 Å². The number of halogens is 1. The topological polar surface area (TPSA) is 76.3 Å². The maximum Gasteiger partial charge on any atom is 0.267 e. The standard InChI is InChI=1S/C22H25FN6O2/c1-15-14-16(2)28(24-15)20-8-9-21(30)29(25-20)17(3)22(31)27-12-10-26(11-13-27)19-7-5-4-6-18(19)23/h4-9,14,17H,10-13H2,1-3H3. The van der Waals surface area contributed by atoms with E-state index in [9.17, 15) is 14.0 Å². The number of aryl methyl sites for hydroxylation is 2.